The van der Waals surface area contributed by atoms with Crippen molar-refractivity contribution in [1.29, 1.82) is 0 Å². The third-order valence-electron chi connectivity index (χ3n) is 4.65. The minimum atomic E-state index is -0.643. The van der Waals surface area contributed by atoms with E-state index in [1.165, 1.54) is 6.42 Å². The Hall–Kier alpha value is -0.560. The summed E-state index contributed by atoms with van der Waals surface area (Å²) in [6, 6.07) is 0.166. The Bertz CT molecular complexity index is 407. The van der Waals surface area contributed by atoms with Crippen molar-refractivity contribution in [3.05, 3.63) is 0 Å². The average Bonchev–Trinajstić information content (AvgIpc) is 2.47. The van der Waals surface area contributed by atoms with Gasteiger partial charge in [0.05, 0.1) is 12.1 Å². The van der Waals surface area contributed by atoms with E-state index in [1.54, 1.807) is 0 Å². The number of carbonyl (C=O) groups is 2. The van der Waals surface area contributed by atoms with Crippen LogP contribution in [-0.4, -0.2) is 65.9 Å². The van der Waals surface area contributed by atoms with Gasteiger partial charge in [0.15, 0.2) is 0 Å². The SMILES string of the molecule is CC(C)NC(=O)CN1CCN(C(=O)C2(N)CCCCC2)CC1.Cl.Cl. The average molecular weight is 383 g/mol. The molecule has 142 valence electrons. The first kappa shape index (κ1) is 23.4. The quantitative estimate of drug-likeness (QED) is 0.764. The van der Waals surface area contributed by atoms with Crippen molar-refractivity contribution in [1.82, 2.24) is 15.1 Å². The van der Waals surface area contributed by atoms with Gasteiger partial charge in [0.1, 0.15) is 0 Å². The van der Waals surface area contributed by atoms with Gasteiger partial charge < -0.3 is 16.0 Å². The van der Waals surface area contributed by atoms with Crippen molar-refractivity contribution in [2.24, 2.45) is 5.73 Å². The Labute approximate surface area is 157 Å². The molecule has 1 aliphatic heterocycles. The molecule has 0 spiro atoms. The number of nitrogens with two attached hydrogens (primary N) is 1. The highest BCUT2D eigenvalue weighted by Gasteiger charge is 2.39. The fourth-order valence-electron chi connectivity index (χ4n) is 3.39. The number of amides is 2. The van der Waals surface area contributed by atoms with Crippen molar-refractivity contribution in [2.75, 3.05) is 32.7 Å². The minimum absolute atomic E-state index is 0. The van der Waals surface area contributed by atoms with Crippen LogP contribution in [0.2, 0.25) is 0 Å². The van der Waals surface area contributed by atoms with Crippen LogP contribution in [0.25, 0.3) is 0 Å². The number of carbonyl (C=O) groups excluding carboxylic acids is 2. The van der Waals surface area contributed by atoms with E-state index in [4.69, 9.17) is 5.73 Å². The molecule has 24 heavy (non-hydrogen) atoms. The van der Waals surface area contributed by atoms with Gasteiger partial charge in [-0.05, 0) is 26.7 Å². The van der Waals surface area contributed by atoms with E-state index in [9.17, 15) is 9.59 Å². The van der Waals surface area contributed by atoms with Gasteiger partial charge in [0.2, 0.25) is 11.8 Å². The lowest BCUT2D eigenvalue weighted by molar-refractivity contribution is -0.140. The second-order valence-corrected chi connectivity index (χ2v) is 7.01. The molecule has 1 heterocycles. The molecule has 1 saturated carbocycles. The summed E-state index contributed by atoms with van der Waals surface area (Å²) in [5, 5.41) is 2.90. The monoisotopic (exact) mass is 382 g/mol. The predicted molar refractivity (Wildman–Crippen MR) is 101 cm³/mol. The van der Waals surface area contributed by atoms with E-state index < -0.39 is 5.54 Å². The van der Waals surface area contributed by atoms with Crippen LogP contribution in [0.15, 0.2) is 0 Å². The molecule has 0 atom stereocenters. The fraction of sp³-hybridized carbons (Fsp3) is 0.875. The van der Waals surface area contributed by atoms with Gasteiger partial charge in [-0.1, -0.05) is 19.3 Å². The highest BCUT2D eigenvalue weighted by molar-refractivity contribution is 5.86. The first-order chi connectivity index (χ1) is 10.4. The Morgan fingerprint density at radius 1 is 1.04 bits per heavy atom. The molecular formula is C16H32Cl2N4O2. The third-order valence-corrected chi connectivity index (χ3v) is 4.65. The van der Waals surface area contributed by atoms with E-state index >= 15 is 0 Å². The van der Waals surface area contributed by atoms with Crippen molar-refractivity contribution < 1.29 is 9.59 Å². The molecule has 0 bridgehead atoms. The lowest BCUT2D eigenvalue weighted by Crippen LogP contribution is -2.60. The lowest BCUT2D eigenvalue weighted by atomic mass is 9.81. The molecule has 0 aromatic heterocycles. The van der Waals surface area contributed by atoms with Gasteiger partial charge >= 0.3 is 0 Å². The first-order valence-electron chi connectivity index (χ1n) is 8.51. The zero-order valence-corrected chi connectivity index (χ0v) is 16.4. The zero-order valence-electron chi connectivity index (χ0n) is 14.8. The summed E-state index contributed by atoms with van der Waals surface area (Å²) in [5.74, 6) is 0.163. The van der Waals surface area contributed by atoms with E-state index in [2.05, 4.69) is 10.2 Å². The van der Waals surface area contributed by atoms with Crippen molar-refractivity contribution in [3.8, 4) is 0 Å². The maximum atomic E-state index is 12.7. The first-order valence-corrected chi connectivity index (χ1v) is 8.51. The van der Waals surface area contributed by atoms with E-state index in [0.29, 0.717) is 19.6 Å². The largest absolute Gasteiger partial charge is 0.353 e. The maximum Gasteiger partial charge on any atom is 0.242 e. The summed E-state index contributed by atoms with van der Waals surface area (Å²) in [6.45, 7) is 7.16. The number of hydrogen-bond donors (Lipinski definition) is 2. The topological polar surface area (TPSA) is 78.7 Å². The molecule has 0 aromatic carbocycles. The summed E-state index contributed by atoms with van der Waals surface area (Å²) in [4.78, 5) is 28.4. The number of piperazine rings is 1. The highest BCUT2D eigenvalue weighted by Crippen LogP contribution is 2.28. The Morgan fingerprint density at radius 2 is 1.58 bits per heavy atom. The molecule has 0 radical (unpaired) electrons. The van der Waals surface area contributed by atoms with Crippen molar-refractivity contribution in [2.45, 2.75) is 57.5 Å². The molecular weight excluding hydrogens is 351 g/mol. The zero-order chi connectivity index (χ0) is 16.2. The smallest absolute Gasteiger partial charge is 0.242 e. The van der Waals surface area contributed by atoms with Crippen LogP contribution in [0.1, 0.15) is 46.0 Å². The van der Waals surface area contributed by atoms with Crippen LogP contribution < -0.4 is 11.1 Å². The van der Waals surface area contributed by atoms with Gasteiger partial charge in [0, 0.05) is 32.2 Å². The molecule has 1 saturated heterocycles. The molecule has 3 N–H and O–H groups in total. The molecule has 1 aliphatic carbocycles. The van der Waals surface area contributed by atoms with Gasteiger partial charge in [-0.25, -0.2) is 0 Å². The van der Waals surface area contributed by atoms with Gasteiger partial charge in [0.25, 0.3) is 0 Å². The number of hydrogen-bond acceptors (Lipinski definition) is 4. The molecule has 2 amide bonds. The molecule has 2 fully saturated rings. The second kappa shape index (κ2) is 10.4. The second-order valence-electron chi connectivity index (χ2n) is 7.01. The summed E-state index contributed by atoms with van der Waals surface area (Å²) < 4.78 is 0. The Kier molecular flexibility index (Phi) is 10.2. The molecule has 2 aliphatic rings. The summed E-state index contributed by atoms with van der Waals surface area (Å²) in [7, 11) is 0. The van der Waals surface area contributed by atoms with Gasteiger partial charge in [-0.15, -0.1) is 24.8 Å². The lowest BCUT2D eigenvalue weighted by Gasteiger charge is -2.40. The van der Waals surface area contributed by atoms with E-state index in [0.717, 1.165) is 38.8 Å². The van der Waals surface area contributed by atoms with Crippen LogP contribution in [0, 0.1) is 0 Å². The van der Waals surface area contributed by atoms with Crippen molar-refractivity contribution >= 4 is 36.6 Å². The van der Waals surface area contributed by atoms with Crippen molar-refractivity contribution in [3.63, 3.8) is 0 Å². The molecule has 0 aromatic rings. The predicted octanol–water partition coefficient (Wildman–Crippen LogP) is 1.16. The molecule has 0 unspecified atom stereocenters. The van der Waals surface area contributed by atoms with Crippen LogP contribution in [0.5, 0.6) is 0 Å². The van der Waals surface area contributed by atoms with Crippen LogP contribution in [-0.2, 0) is 9.59 Å². The number of halogens is 2. The van der Waals surface area contributed by atoms with Crippen LogP contribution in [0.3, 0.4) is 0 Å². The molecule has 2 rings (SSSR count). The molecule has 8 heteroatoms. The maximum absolute atomic E-state index is 12.7. The number of nitrogens with one attached hydrogen (secondary N) is 1. The van der Waals surface area contributed by atoms with Gasteiger partial charge in [-0.2, -0.15) is 0 Å². The van der Waals surface area contributed by atoms with Crippen LogP contribution in [0.4, 0.5) is 0 Å². The van der Waals surface area contributed by atoms with E-state index in [-0.39, 0.29) is 42.7 Å². The highest BCUT2D eigenvalue weighted by atomic mass is 35.5. The fourth-order valence-corrected chi connectivity index (χ4v) is 3.39. The number of nitrogens with zero attached hydrogens (tertiary/aromatic N) is 2. The standard InChI is InChI=1S/C16H30N4O2.2ClH/c1-13(2)18-14(21)12-19-8-10-20(11-9-19)15(22)16(17)6-4-3-5-7-16;;/h13H,3-12,17H2,1-2H3,(H,18,21);2*1H. The van der Waals surface area contributed by atoms with Crippen LogP contribution >= 0.6 is 24.8 Å². The summed E-state index contributed by atoms with van der Waals surface area (Å²) in [6.07, 6.45) is 4.91. The van der Waals surface area contributed by atoms with Gasteiger partial charge in [-0.3, -0.25) is 14.5 Å². The Morgan fingerprint density at radius 3 is 2.08 bits per heavy atom. The third kappa shape index (κ3) is 6.39. The minimum Gasteiger partial charge on any atom is -0.353 e. The van der Waals surface area contributed by atoms with E-state index in [1.807, 2.05) is 18.7 Å². The Balaban J connectivity index is 0.00000264. The molecule has 6 nitrogen and oxygen atoms in total. The number of rotatable bonds is 4. The summed E-state index contributed by atoms with van der Waals surface area (Å²) >= 11 is 0. The normalized spacial score (nSPS) is 20.8. The summed E-state index contributed by atoms with van der Waals surface area (Å²) in [5.41, 5.74) is 5.69.